The topological polar surface area (TPSA) is 61.3 Å². The van der Waals surface area contributed by atoms with Crippen LogP contribution in [0.5, 0.6) is 17.2 Å². The molecule has 0 N–H and O–H groups in total. The molecule has 4 rings (SSSR count). The summed E-state index contributed by atoms with van der Waals surface area (Å²) in [5, 5.41) is 0. The Hall–Kier alpha value is -3.21. The highest BCUT2D eigenvalue weighted by molar-refractivity contribution is 5.68. The van der Waals surface area contributed by atoms with E-state index in [2.05, 4.69) is 60.2 Å². The molecule has 1 aromatic heterocycles. The number of nitrogens with zero attached hydrogens (tertiary/aromatic N) is 2. The third kappa shape index (κ3) is 4.29. The van der Waals surface area contributed by atoms with Crippen molar-refractivity contribution in [2.75, 3.05) is 0 Å². The minimum absolute atomic E-state index is 0.138. The van der Waals surface area contributed by atoms with Crippen LogP contribution in [0, 0.1) is 0 Å². The molecule has 1 fully saturated rings. The molecule has 1 heterocycles. The summed E-state index contributed by atoms with van der Waals surface area (Å²) in [6, 6.07) is 16.4. The van der Waals surface area contributed by atoms with Crippen LogP contribution in [0.25, 0.3) is 0 Å². The maximum Gasteiger partial charge on any atom is 0.192 e. The van der Waals surface area contributed by atoms with Gasteiger partial charge < -0.3 is 9.47 Å². The smallest absolute Gasteiger partial charge is 0.192 e. The molecule has 1 aliphatic rings. The maximum atomic E-state index is 10.6. The van der Waals surface area contributed by atoms with Gasteiger partial charge in [0.1, 0.15) is 11.5 Å². The zero-order valence-corrected chi connectivity index (χ0v) is 16.7. The van der Waals surface area contributed by atoms with Gasteiger partial charge in [-0.1, -0.05) is 38.1 Å². The molecule has 2 aromatic carbocycles. The predicted molar refractivity (Wildman–Crippen MR) is 111 cm³/mol. The lowest BCUT2D eigenvalue weighted by molar-refractivity contribution is 0.111. The van der Waals surface area contributed by atoms with Gasteiger partial charge in [0.2, 0.25) is 0 Å². The van der Waals surface area contributed by atoms with Crippen molar-refractivity contribution < 1.29 is 14.3 Å². The van der Waals surface area contributed by atoms with Crippen molar-refractivity contribution in [1.29, 1.82) is 0 Å². The molecule has 0 saturated heterocycles. The number of carbonyl (C=O) groups excluding carboxylic acids is 1. The summed E-state index contributed by atoms with van der Waals surface area (Å²) >= 11 is 0. The van der Waals surface area contributed by atoms with Crippen LogP contribution in [0.1, 0.15) is 54.9 Å². The lowest BCUT2D eigenvalue weighted by atomic mass is 9.78. The van der Waals surface area contributed by atoms with Gasteiger partial charge in [-0.15, -0.1) is 0 Å². The van der Waals surface area contributed by atoms with E-state index in [9.17, 15) is 4.79 Å². The van der Waals surface area contributed by atoms with Crippen molar-refractivity contribution in [2.45, 2.75) is 44.6 Å². The average Bonchev–Trinajstić information content (AvgIpc) is 2.72. The van der Waals surface area contributed by atoms with Gasteiger partial charge in [-0.3, -0.25) is 4.79 Å². The van der Waals surface area contributed by atoms with Gasteiger partial charge in [-0.2, -0.15) is 0 Å². The Bertz CT molecular complexity index is 961. The van der Waals surface area contributed by atoms with Crippen molar-refractivity contribution in [2.24, 2.45) is 0 Å². The van der Waals surface area contributed by atoms with Gasteiger partial charge in [0, 0.05) is 5.41 Å². The zero-order valence-electron chi connectivity index (χ0n) is 16.7. The number of hydrogen-bond donors (Lipinski definition) is 0. The fourth-order valence-corrected chi connectivity index (χ4v) is 3.31. The van der Waals surface area contributed by atoms with Crippen LogP contribution in [-0.4, -0.2) is 22.4 Å². The Labute approximate surface area is 170 Å². The number of hydrogen-bond acceptors (Lipinski definition) is 5. The second kappa shape index (κ2) is 8.03. The number of aldehydes is 1. The Morgan fingerprint density at radius 3 is 1.90 bits per heavy atom. The highest BCUT2D eigenvalue weighted by atomic mass is 16.5. The highest BCUT2D eigenvalue weighted by Gasteiger charge is 2.24. The van der Waals surface area contributed by atoms with Crippen molar-refractivity contribution >= 4 is 6.29 Å². The van der Waals surface area contributed by atoms with Crippen LogP contribution in [0.3, 0.4) is 0 Å². The molecule has 0 amide bonds. The van der Waals surface area contributed by atoms with Gasteiger partial charge in [-0.05, 0) is 54.7 Å². The standard InChI is InChI=1S/C24H24N2O3/c1-24(2,17-6-10-20(11-7-17)28-19-4-3-5-19)18-8-12-21(13-9-18)29-22-14-25-23(16-27)26-15-22/h6-16,19H,3-5H2,1-2H3. The molecule has 3 aromatic rings. The van der Waals surface area contributed by atoms with Crippen LogP contribution in [0.2, 0.25) is 0 Å². The number of aromatic nitrogens is 2. The van der Waals surface area contributed by atoms with E-state index in [0.717, 1.165) is 18.6 Å². The maximum absolute atomic E-state index is 10.6. The van der Waals surface area contributed by atoms with E-state index in [0.29, 0.717) is 23.9 Å². The zero-order chi connectivity index (χ0) is 20.3. The second-order valence-electron chi connectivity index (χ2n) is 7.84. The van der Waals surface area contributed by atoms with Gasteiger partial charge in [-0.25, -0.2) is 9.97 Å². The first-order chi connectivity index (χ1) is 14.0. The molecule has 148 valence electrons. The Balaban J connectivity index is 1.45. The number of benzene rings is 2. The summed E-state index contributed by atoms with van der Waals surface area (Å²) in [5.74, 6) is 2.26. The quantitative estimate of drug-likeness (QED) is 0.511. The summed E-state index contributed by atoms with van der Waals surface area (Å²) < 4.78 is 11.7. The number of ether oxygens (including phenoxy) is 2. The molecule has 29 heavy (non-hydrogen) atoms. The van der Waals surface area contributed by atoms with Gasteiger partial charge in [0.05, 0.1) is 18.5 Å². The third-order valence-corrected chi connectivity index (χ3v) is 5.50. The molecule has 0 unspecified atom stereocenters. The van der Waals surface area contributed by atoms with Crippen molar-refractivity contribution in [1.82, 2.24) is 9.97 Å². The number of rotatable bonds is 7. The van der Waals surface area contributed by atoms with E-state index in [1.807, 2.05) is 12.1 Å². The predicted octanol–water partition coefficient (Wildman–Crippen LogP) is 5.34. The van der Waals surface area contributed by atoms with Crippen LogP contribution >= 0.6 is 0 Å². The van der Waals surface area contributed by atoms with E-state index in [-0.39, 0.29) is 11.2 Å². The largest absolute Gasteiger partial charge is 0.490 e. The first-order valence-electron chi connectivity index (χ1n) is 9.87. The fourth-order valence-electron chi connectivity index (χ4n) is 3.31. The molecule has 5 heteroatoms. The van der Waals surface area contributed by atoms with Crippen LogP contribution in [0.4, 0.5) is 0 Å². The molecule has 0 spiro atoms. The lowest BCUT2D eigenvalue weighted by Gasteiger charge is -2.28. The molecule has 1 saturated carbocycles. The molecular weight excluding hydrogens is 364 g/mol. The monoisotopic (exact) mass is 388 g/mol. The average molecular weight is 388 g/mol. The second-order valence-corrected chi connectivity index (χ2v) is 7.84. The fraction of sp³-hybridized carbons (Fsp3) is 0.292. The first-order valence-corrected chi connectivity index (χ1v) is 9.87. The van der Waals surface area contributed by atoms with E-state index in [1.54, 1.807) is 0 Å². The van der Waals surface area contributed by atoms with Gasteiger partial charge in [0.15, 0.2) is 17.9 Å². The van der Waals surface area contributed by atoms with Crippen LogP contribution in [-0.2, 0) is 5.41 Å². The summed E-state index contributed by atoms with van der Waals surface area (Å²) in [6.07, 6.45) is 7.56. The highest BCUT2D eigenvalue weighted by Crippen LogP contribution is 2.34. The minimum atomic E-state index is -0.151. The Morgan fingerprint density at radius 2 is 1.41 bits per heavy atom. The Morgan fingerprint density at radius 1 is 0.862 bits per heavy atom. The molecule has 0 atom stereocenters. The molecular formula is C24H24N2O3. The van der Waals surface area contributed by atoms with Crippen molar-refractivity contribution in [3.05, 3.63) is 77.9 Å². The lowest BCUT2D eigenvalue weighted by Crippen LogP contribution is -2.24. The SMILES string of the molecule is CC(C)(c1ccc(Oc2cnc(C=O)nc2)cc1)c1ccc(OC2CCC2)cc1. The van der Waals surface area contributed by atoms with E-state index < -0.39 is 0 Å². The Kier molecular flexibility index (Phi) is 5.30. The van der Waals surface area contributed by atoms with Crippen molar-refractivity contribution in [3.63, 3.8) is 0 Å². The molecule has 1 aliphatic carbocycles. The molecule has 0 bridgehead atoms. The minimum Gasteiger partial charge on any atom is -0.490 e. The normalized spacial score (nSPS) is 14.1. The van der Waals surface area contributed by atoms with Gasteiger partial charge in [0.25, 0.3) is 0 Å². The molecule has 5 nitrogen and oxygen atoms in total. The van der Waals surface area contributed by atoms with E-state index in [1.165, 1.54) is 29.9 Å². The van der Waals surface area contributed by atoms with Crippen molar-refractivity contribution in [3.8, 4) is 17.2 Å². The third-order valence-electron chi connectivity index (χ3n) is 5.50. The van der Waals surface area contributed by atoms with Crippen LogP contribution < -0.4 is 9.47 Å². The summed E-state index contributed by atoms with van der Waals surface area (Å²) in [7, 11) is 0. The van der Waals surface area contributed by atoms with E-state index in [4.69, 9.17) is 9.47 Å². The molecule has 0 aliphatic heterocycles. The molecule has 0 radical (unpaired) electrons. The first kappa shape index (κ1) is 19.1. The summed E-state index contributed by atoms with van der Waals surface area (Å²) in [4.78, 5) is 18.5. The van der Waals surface area contributed by atoms with E-state index >= 15 is 0 Å². The van der Waals surface area contributed by atoms with Gasteiger partial charge >= 0.3 is 0 Å². The summed E-state index contributed by atoms with van der Waals surface area (Å²) in [5.41, 5.74) is 2.26. The summed E-state index contributed by atoms with van der Waals surface area (Å²) in [6.45, 7) is 4.41. The number of carbonyl (C=O) groups is 1. The van der Waals surface area contributed by atoms with Crippen LogP contribution in [0.15, 0.2) is 60.9 Å².